The zero-order chi connectivity index (χ0) is 12.3. The summed E-state index contributed by atoms with van der Waals surface area (Å²) in [4.78, 5) is 4.20. The van der Waals surface area contributed by atoms with Crippen molar-refractivity contribution in [2.45, 2.75) is 19.9 Å². The lowest BCUT2D eigenvalue weighted by Gasteiger charge is -2.07. The second kappa shape index (κ2) is 4.79. The van der Waals surface area contributed by atoms with E-state index >= 15 is 0 Å². The molecule has 2 aromatic rings. The fourth-order valence-corrected chi connectivity index (χ4v) is 1.80. The number of imidazole rings is 1. The first-order valence-electron chi connectivity index (χ1n) is 5.48. The third-order valence-electron chi connectivity index (χ3n) is 2.55. The van der Waals surface area contributed by atoms with E-state index in [1.54, 1.807) is 18.3 Å². The van der Waals surface area contributed by atoms with Gasteiger partial charge in [-0.3, -0.25) is 0 Å². The van der Waals surface area contributed by atoms with Gasteiger partial charge in [0.2, 0.25) is 0 Å². The maximum Gasteiger partial charge on any atom is 0.141 e. The Morgan fingerprint density at radius 1 is 1.47 bits per heavy atom. The molecule has 0 atom stereocenters. The molecule has 1 aromatic heterocycles. The maximum absolute atomic E-state index is 13.5. The maximum atomic E-state index is 13.5. The predicted octanol–water partition coefficient (Wildman–Crippen LogP) is 2.97. The molecule has 0 bridgehead atoms. The molecule has 0 amide bonds. The second-order valence-corrected chi connectivity index (χ2v) is 3.72. The van der Waals surface area contributed by atoms with Crippen molar-refractivity contribution >= 4 is 0 Å². The first-order chi connectivity index (χ1) is 8.27. The highest BCUT2D eigenvalue weighted by atomic mass is 19.1. The Morgan fingerprint density at radius 3 is 3.00 bits per heavy atom. The summed E-state index contributed by atoms with van der Waals surface area (Å²) in [6, 6.07) is 6.49. The van der Waals surface area contributed by atoms with Crippen LogP contribution in [0.15, 0.2) is 30.6 Å². The van der Waals surface area contributed by atoms with Crippen LogP contribution in [-0.2, 0) is 6.54 Å². The lowest BCUT2D eigenvalue weighted by molar-refractivity contribution is 0.623. The molecule has 17 heavy (non-hydrogen) atoms. The van der Waals surface area contributed by atoms with E-state index in [1.807, 2.05) is 16.8 Å². The van der Waals surface area contributed by atoms with Crippen molar-refractivity contribution in [1.29, 1.82) is 5.26 Å². The van der Waals surface area contributed by atoms with E-state index in [0.29, 0.717) is 11.4 Å². The number of aryl methyl sites for hydroxylation is 1. The van der Waals surface area contributed by atoms with Crippen LogP contribution in [-0.4, -0.2) is 9.55 Å². The van der Waals surface area contributed by atoms with Gasteiger partial charge in [0.15, 0.2) is 0 Å². The zero-order valence-electron chi connectivity index (χ0n) is 9.52. The topological polar surface area (TPSA) is 41.6 Å². The highest BCUT2D eigenvalue weighted by molar-refractivity contribution is 5.65. The third-order valence-corrected chi connectivity index (χ3v) is 2.55. The molecule has 0 fully saturated rings. The van der Waals surface area contributed by atoms with E-state index < -0.39 is 5.82 Å². The van der Waals surface area contributed by atoms with Crippen molar-refractivity contribution in [3.8, 4) is 17.5 Å². The molecule has 0 radical (unpaired) electrons. The number of nitriles is 1. The van der Waals surface area contributed by atoms with Gasteiger partial charge in [-0.2, -0.15) is 5.26 Å². The Morgan fingerprint density at radius 2 is 2.29 bits per heavy atom. The van der Waals surface area contributed by atoms with Crippen molar-refractivity contribution in [3.05, 3.63) is 42.0 Å². The molecule has 0 saturated heterocycles. The molecule has 86 valence electrons. The summed E-state index contributed by atoms with van der Waals surface area (Å²) in [5.41, 5.74) is 0.599. The minimum atomic E-state index is -0.504. The molecule has 0 aliphatic rings. The number of hydrogen-bond donors (Lipinski definition) is 0. The number of hydrogen-bond acceptors (Lipinski definition) is 2. The lowest BCUT2D eigenvalue weighted by atomic mass is 10.1. The number of aromatic nitrogens is 2. The fourth-order valence-electron chi connectivity index (χ4n) is 1.80. The first kappa shape index (κ1) is 11.3. The summed E-state index contributed by atoms with van der Waals surface area (Å²) in [6.45, 7) is 2.86. The molecule has 0 saturated carbocycles. The number of benzene rings is 1. The molecule has 0 spiro atoms. The largest absolute Gasteiger partial charge is 0.331 e. The van der Waals surface area contributed by atoms with Gasteiger partial charge in [-0.15, -0.1) is 0 Å². The van der Waals surface area contributed by atoms with Crippen molar-refractivity contribution in [3.63, 3.8) is 0 Å². The first-order valence-corrected chi connectivity index (χ1v) is 5.48. The quantitative estimate of drug-likeness (QED) is 0.811. The SMILES string of the molecule is CCCn1ccnc1-c1cccc(F)c1C#N. The predicted molar refractivity (Wildman–Crippen MR) is 62.6 cm³/mol. The number of rotatable bonds is 3. The van der Waals surface area contributed by atoms with Crippen LogP contribution in [0.3, 0.4) is 0 Å². The van der Waals surface area contributed by atoms with Crippen LogP contribution in [0.2, 0.25) is 0 Å². The highest BCUT2D eigenvalue weighted by Crippen LogP contribution is 2.23. The Balaban J connectivity index is 2.57. The monoisotopic (exact) mass is 229 g/mol. The number of nitrogens with zero attached hydrogens (tertiary/aromatic N) is 3. The van der Waals surface area contributed by atoms with Crippen LogP contribution in [0.4, 0.5) is 4.39 Å². The average molecular weight is 229 g/mol. The second-order valence-electron chi connectivity index (χ2n) is 3.72. The fraction of sp³-hybridized carbons (Fsp3) is 0.231. The van der Waals surface area contributed by atoms with E-state index in [0.717, 1.165) is 13.0 Å². The summed E-state index contributed by atoms with van der Waals surface area (Å²) >= 11 is 0. The van der Waals surface area contributed by atoms with Gasteiger partial charge in [0.1, 0.15) is 17.7 Å². The van der Waals surface area contributed by atoms with Gasteiger partial charge in [-0.1, -0.05) is 13.0 Å². The van der Waals surface area contributed by atoms with Crippen LogP contribution in [0.5, 0.6) is 0 Å². The van der Waals surface area contributed by atoms with Crippen LogP contribution in [0.25, 0.3) is 11.4 Å². The van der Waals surface area contributed by atoms with E-state index in [4.69, 9.17) is 5.26 Å². The normalized spacial score (nSPS) is 10.2. The van der Waals surface area contributed by atoms with Crippen LogP contribution >= 0.6 is 0 Å². The van der Waals surface area contributed by atoms with Gasteiger partial charge in [0.25, 0.3) is 0 Å². The molecule has 0 aliphatic carbocycles. The Bertz CT molecular complexity index is 566. The third kappa shape index (κ3) is 2.04. The minimum Gasteiger partial charge on any atom is -0.331 e. The van der Waals surface area contributed by atoms with Crippen molar-refractivity contribution in [1.82, 2.24) is 9.55 Å². The van der Waals surface area contributed by atoms with Crippen LogP contribution < -0.4 is 0 Å². The summed E-state index contributed by atoms with van der Waals surface area (Å²) in [5, 5.41) is 8.99. The summed E-state index contributed by atoms with van der Waals surface area (Å²) in [7, 11) is 0. The van der Waals surface area contributed by atoms with E-state index in [9.17, 15) is 4.39 Å². The molecule has 3 nitrogen and oxygen atoms in total. The van der Waals surface area contributed by atoms with Gasteiger partial charge in [-0.05, 0) is 18.6 Å². The van der Waals surface area contributed by atoms with Crippen LogP contribution in [0, 0.1) is 17.1 Å². The zero-order valence-corrected chi connectivity index (χ0v) is 9.52. The Labute approximate surface area is 99.1 Å². The molecular weight excluding hydrogens is 217 g/mol. The van der Waals surface area contributed by atoms with Gasteiger partial charge < -0.3 is 4.57 Å². The molecule has 0 aliphatic heterocycles. The van der Waals surface area contributed by atoms with Crippen LogP contribution in [0.1, 0.15) is 18.9 Å². The van der Waals surface area contributed by atoms with Gasteiger partial charge in [0, 0.05) is 24.5 Å². The Hall–Kier alpha value is -2.15. The highest BCUT2D eigenvalue weighted by Gasteiger charge is 2.13. The van der Waals surface area contributed by atoms with Gasteiger partial charge >= 0.3 is 0 Å². The van der Waals surface area contributed by atoms with E-state index in [-0.39, 0.29) is 5.56 Å². The smallest absolute Gasteiger partial charge is 0.141 e. The summed E-state index contributed by atoms with van der Waals surface area (Å²) in [6.07, 6.45) is 4.46. The van der Waals surface area contributed by atoms with Crippen molar-refractivity contribution in [2.75, 3.05) is 0 Å². The standard InChI is InChI=1S/C13H12FN3/c1-2-7-17-8-6-16-13(17)10-4-3-5-12(14)11(10)9-15/h3-6,8H,2,7H2,1H3. The van der Waals surface area contributed by atoms with E-state index in [2.05, 4.69) is 11.9 Å². The number of halogens is 1. The molecule has 1 aromatic carbocycles. The van der Waals surface area contributed by atoms with E-state index in [1.165, 1.54) is 6.07 Å². The average Bonchev–Trinajstić information content (AvgIpc) is 2.77. The van der Waals surface area contributed by atoms with Crippen molar-refractivity contribution in [2.24, 2.45) is 0 Å². The molecule has 1 heterocycles. The molecule has 2 rings (SSSR count). The van der Waals surface area contributed by atoms with Gasteiger partial charge in [-0.25, -0.2) is 9.37 Å². The Kier molecular flexibility index (Phi) is 3.20. The minimum absolute atomic E-state index is 0.0519. The molecule has 0 N–H and O–H groups in total. The summed E-state index contributed by atoms with van der Waals surface area (Å²) in [5.74, 6) is 0.138. The molecule has 0 unspecified atom stereocenters. The lowest BCUT2D eigenvalue weighted by Crippen LogP contribution is -2.00. The summed E-state index contributed by atoms with van der Waals surface area (Å²) < 4.78 is 15.4. The van der Waals surface area contributed by atoms with Gasteiger partial charge in [0.05, 0.1) is 5.56 Å². The molecular formula is C13H12FN3. The molecule has 4 heteroatoms. The van der Waals surface area contributed by atoms with Crippen molar-refractivity contribution < 1.29 is 4.39 Å².